The number of ether oxygens (including phenoxy) is 2. The average molecular weight is 307 g/mol. The van der Waals surface area contributed by atoms with E-state index in [2.05, 4.69) is 5.32 Å². The molecule has 1 rings (SSSR count). The van der Waals surface area contributed by atoms with Gasteiger partial charge in [0.15, 0.2) is 0 Å². The van der Waals surface area contributed by atoms with Crippen LogP contribution >= 0.6 is 11.6 Å². The molecule has 1 fully saturated rings. The summed E-state index contributed by atoms with van der Waals surface area (Å²) < 4.78 is 9.97. The van der Waals surface area contributed by atoms with Crippen LogP contribution in [0.25, 0.3) is 0 Å². The predicted molar refractivity (Wildman–Crippen MR) is 75.8 cm³/mol. The third-order valence-electron chi connectivity index (χ3n) is 3.18. The minimum absolute atomic E-state index is 0.0423. The van der Waals surface area contributed by atoms with Gasteiger partial charge in [0.05, 0.1) is 13.2 Å². The van der Waals surface area contributed by atoms with E-state index in [1.54, 1.807) is 18.9 Å². The molecule has 0 radical (unpaired) electrons. The number of methoxy groups -OCH3 is 1. The molecule has 116 valence electrons. The monoisotopic (exact) mass is 306 g/mol. The molecule has 1 atom stereocenters. The summed E-state index contributed by atoms with van der Waals surface area (Å²) in [5.74, 6) is -0.170. The molecule has 1 saturated heterocycles. The third kappa shape index (κ3) is 6.07. The molecule has 1 heterocycles. The minimum atomic E-state index is -0.490. The molecule has 6 nitrogen and oxygen atoms in total. The first-order valence-corrected chi connectivity index (χ1v) is 7.27. The fraction of sp³-hybridized carbons (Fsp3) is 0.846. The van der Waals surface area contributed by atoms with Crippen molar-refractivity contribution in [1.82, 2.24) is 10.2 Å². The van der Waals surface area contributed by atoms with Crippen LogP contribution in [-0.4, -0.2) is 68.2 Å². The number of rotatable bonds is 7. The highest BCUT2D eigenvalue weighted by Gasteiger charge is 2.25. The molecule has 1 aliphatic heterocycles. The zero-order valence-electron chi connectivity index (χ0n) is 12.1. The van der Waals surface area contributed by atoms with Gasteiger partial charge >= 0.3 is 0 Å². The summed E-state index contributed by atoms with van der Waals surface area (Å²) in [6.07, 6.45) is 1.50. The maximum atomic E-state index is 11.7. The van der Waals surface area contributed by atoms with E-state index in [0.717, 1.165) is 12.8 Å². The molecular formula is C13H23ClN2O4. The largest absolute Gasteiger partial charge is 0.382 e. The first-order valence-electron chi connectivity index (χ1n) is 6.83. The number of nitrogens with one attached hydrogen (secondary N) is 1. The Bertz CT molecular complexity index is 317. The van der Waals surface area contributed by atoms with Crippen LogP contribution in [0.1, 0.15) is 19.8 Å². The van der Waals surface area contributed by atoms with Gasteiger partial charge in [-0.3, -0.25) is 9.59 Å². The molecule has 0 bridgehead atoms. The molecule has 1 aliphatic rings. The van der Waals surface area contributed by atoms with Crippen molar-refractivity contribution < 1.29 is 19.1 Å². The van der Waals surface area contributed by atoms with Gasteiger partial charge in [0, 0.05) is 26.2 Å². The van der Waals surface area contributed by atoms with E-state index < -0.39 is 5.38 Å². The van der Waals surface area contributed by atoms with Crippen LogP contribution < -0.4 is 5.32 Å². The number of likely N-dealkylation sites (tertiary alicyclic amines) is 1. The molecule has 0 saturated carbocycles. The average Bonchev–Trinajstić information content (AvgIpc) is 2.43. The van der Waals surface area contributed by atoms with E-state index in [-0.39, 0.29) is 24.5 Å². The minimum Gasteiger partial charge on any atom is -0.382 e. The maximum Gasteiger partial charge on any atom is 0.246 e. The number of carbonyl (C=O) groups is 2. The summed E-state index contributed by atoms with van der Waals surface area (Å²) in [5, 5.41) is 2.42. The lowest BCUT2D eigenvalue weighted by atomic mass is 10.0. The molecule has 0 spiro atoms. The number of amides is 2. The van der Waals surface area contributed by atoms with E-state index in [1.165, 1.54) is 0 Å². The second-order valence-electron chi connectivity index (χ2n) is 4.83. The summed E-state index contributed by atoms with van der Waals surface area (Å²) in [5.41, 5.74) is 0. The van der Waals surface area contributed by atoms with Crippen LogP contribution in [0.5, 0.6) is 0 Å². The van der Waals surface area contributed by atoms with E-state index in [1.807, 2.05) is 0 Å². The van der Waals surface area contributed by atoms with Gasteiger partial charge in [-0.25, -0.2) is 0 Å². The zero-order chi connectivity index (χ0) is 15.0. The van der Waals surface area contributed by atoms with Crippen molar-refractivity contribution in [3.05, 3.63) is 0 Å². The predicted octanol–water partition coefficient (Wildman–Crippen LogP) is 0.384. The highest BCUT2D eigenvalue weighted by molar-refractivity contribution is 6.30. The van der Waals surface area contributed by atoms with Crippen molar-refractivity contribution in [3.63, 3.8) is 0 Å². The summed E-state index contributed by atoms with van der Waals surface area (Å²) in [4.78, 5) is 25.1. The number of piperidine rings is 1. The van der Waals surface area contributed by atoms with Crippen LogP contribution in [0.15, 0.2) is 0 Å². The van der Waals surface area contributed by atoms with Gasteiger partial charge in [-0.05, 0) is 19.8 Å². The van der Waals surface area contributed by atoms with Gasteiger partial charge < -0.3 is 19.7 Å². The van der Waals surface area contributed by atoms with Gasteiger partial charge in [-0.2, -0.15) is 0 Å². The zero-order valence-corrected chi connectivity index (χ0v) is 12.8. The molecule has 7 heteroatoms. The van der Waals surface area contributed by atoms with Crippen LogP contribution in [0.3, 0.4) is 0 Å². The topological polar surface area (TPSA) is 67.9 Å². The molecule has 0 aromatic rings. The lowest BCUT2D eigenvalue weighted by molar-refractivity contribution is -0.132. The maximum absolute atomic E-state index is 11.7. The molecule has 0 aromatic heterocycles. The first kappa shape index (κ1) is 17.2. The Morgan fingerprint density at radius 3 is 2.55 bits per heavy atom. The second-order valence-corrected chi connectivity index (χ2v) is 5.48. The molecular weight excluding hydrogens is 284 g/mol. The summed E-state index contributed by atoms with van der Waals surface area (Å²) in [6, 6.07) is 0.100. The highest BCUT2D eigenvalue weighted by atomic mass is 35.5. The van der Waals surface area contributed by atoms with Gasteiger partial charge in [-0.15, -0.1) is 11.6 Å². The molecule has 0 aromatic carbocycles. The van der Waals surface area contributed by atoms with E-state index in [9.17, 15) is 9.59 Å². The van der Waals surface area contributed by atoms with Crippen molar-refractivity contribution in [2.24, 2.45) is 0 Å². The van der Waals surface area contributed by atoms with Crippen LogP contribution in [0, 0.1) is 0 Å². The fourth-order valence-electron chi connectivity index (χ4n) is 2.07. The quantitative estimate of drug-likeness (QED) is 0.545. The summed E-state index contributed by atoms with van der Waals surface area (Å²) >= 11 is 5.78. The van der Waals surface area contributed by atoms with Crippen LogP contribution in [0.2, 0.25) is 0 Å². The highest BCUT2D eigenvalue weighted by Crippen LogP contribution is 2.13. The Balaban J connectivity index is 2.18. The smallest absolute Gasteiger partial charge is 0.246 e. The Labute approximate surface area is 124 Å². The van der Waals surface area contributed by atoms with Crippen molar-refractivity contribution >= 4 is 23.4 Å². The van der Waals surface area contributed by atoms with Crippen molar-refractivity contribution in [2.75, 3.05) is 40.0 Å². The lowest BCUT2D eigenvalue weighted by Crippen LogP contribution is -2.48. The normalized spacial score (nSPS) is 17.9. The molecule has 20 heavy (non-hydrogen) atoms. The third-order valence-corrected chi connectivity index (χ3v) is 3.36. The van der Waals surface area contributed by atoms with Gasteiger partial charge in [0.1, 0.15) is 12.0 Å². The Kier molecular flexibility index (Phi) is 7.87. The Hall–Kier alpha value is -0.850. The number of halogens is 1. The molecule has 1 N–H and O–H groups in total. The van der Waals surface area contributed by atoms with Gasteiger partial charge in [0.25, 0.3) is 0 Å². The van der Waals surface area contributed by atoms with E-state index in [4.69, 9.17) is 21.1 Å². The SMILES string of the molecule is COCCOCC(=O)NC1CCN(C(=O)C(C)Cl)CC1. The van der Waals surface area contributed by atoms with Gasteiger partial charge in [-0.1, -0.05) is 0 Å². The van der Waals surface area contributed by atoms with E-state index >= 15 is 0 Å². The number of hydrogen-bond acceptors (Lipinski definition) is 4. The molecule has 2 amide bonds. The van der Waals surface area contributed by atoms with Crippen molar-refractivity contribution in [3.8, 4) is 0 Å². The summed E-state index contributed by atoms with van der Waals surface area (Å²) in [6.45, 7) is 3.86. The van der Waals surface area contributed by atoms with Crippen molar-refractivity contribution in [1.29, 1.82) is 0 Å². The van der Waals surface area contributed by atoms with E-state index in [0.29, 0.717) is 26.3 Å². The first-order chi connectivity index (χ1) is 9.54. The standard InChI is InChI=1S/C13H23ClN2O4/c1-10(14)13(18)16-5-3-11(4-6-16)15-12(17)9-20-8-7-19-2/h10-11H,3-9H2,1-2H3,(H,15,17). The van der Waals surface area contributed by atoms with Gasteiger partial charge in [0.2, 0.25) is 11.8 Å². The second kappa shape index (κ2) is 9.15. The lowest BCUT2D eigenvalue weighted by Gasteiger charge is -2.33. The van der Waals surface area contributed by atoms with Crippen molar-refractivity contribution in [2.45, 2.75) is 31.2 Å². The Morgan fingerprint density at radius 1 is 1.35 bits per heavy atom. The van der Waals surface area contributed by atoms with Crippen LogP contribution in [-0.2, 0) is 19.1 Å². The number of nitrogens with zero attached hydrogens (tertiary/aromatic N) is 1. The van der Waals surface area contributed by atoms with Crippen LogP contribution in [0.4, 0.5) is 0 Å². The number of alkyl halides is 1. The molecule has 0 aliphatic carbocycles. The number of carbonyl (C=O) groups excluding carboxylic acids is 2. The fourth-order valence-corrected chi connectivity index (χ4v) is 2.21. The number of hydrogen-bond donors (Lipinski definition) is 1. The summed E-state index contributed by atoms with van der Waals surface area (Å²) in [7, 11) is 1.58. The molecule has 1 unspecified atom stereocenters. The Morgan fingerprint density at radius 2 is 2.00 bits per heavy atom.